The van der Waals surface area contributed by atoms with Crippen LogP contribution in [0.2, 0.25) is 0 Å². The number of carbonyl (C=O) groups is 1. The molecule has 0 amide bonds. The molecular formula is C7H13NO2S. The van der Waals surface area contributed by atoms with Crippen molar-refractivity contribution in [1.82, 2.24) is 0 Å². The lowest BCUT2D eigenvalue weighted by atomic mass is 9.82. The van der Waals surface area contributed by atoms with Gasteiger partial charge in [-0.15, -0.1) is 0 Å². The summed E-state index contributed by atoms with van der Waals surface area (Å²) in [6, 6.07) is 0. The fourth-order valence-corrected chi connectivity index (χ4v) is 1.85. The summed E-state index contributed by atoms with van der Waals surface area (Å²) in [6.07, 6.45) is 3.31. The summed E-state index contributed by atoms with van der Waals surface area (Å²) >= 11 is 4.18. The highest BCUT2D eigenvalue weighted by Gasteiger charge is 2.41. The molecule has 0 aliphatic heterocycles. The van der Waals surface area contributed by atoms with Crippen LogP contribution in [-0.4, -0.2) is 21.9 Å². The largest absolute Gasteiger partial charge is 0.480 e. The smallest absolute Gasteiger partial charge is 0.324 e. The Bertz CT molecular complexity index is 174. The molecule has 1 aliphatic carbocycles. The summed E-state index contributed by atoms with van der Waals surface area (Å²) in [6.45, 7) is 0. The maximum Gasteiger partial charge on any atom is 0.324 e. The van der Waals surface area contributed by atoms with E-state index in [4.69, 9.17) is 10.8 Å². The quantitative estimate of drug-likeness (QED) is 0.512. The molecule has 3 N–H and O–H groups in total. The first-order valence-corrected chi connectivity index (χ1v) is 4.29. The van der Waals surface area contributed by atoms with Gasteiger partial charge in [0.15, 0.2) is 0 Å². The lowest BCUT2D eigenvalue weighted by Gasteiger charge is -2.34. The number of carboxylic acid groups (broad SMARTS) is 1. The Balaban J connectivity index is 2.72. The summed E-state index contributed by atoms with van der Waals surface area (Å²) in [5.41, 5.74) is 4.59. The van der Waals surface area contributed by atoms with Crippen LogP contribution >= 0.6 is 12.6 Å². The minimum atomic E-state index is -1.08. The van der Waals surface area contributed by atoms with Gasteiger partial charge in [0.2, 0.25) is 0 Å². The molecular weight excluding hydrogens is 162 g/mol. The van der Waals surface area contributed by atoms with E-state index in [1.807, 2.05) is 0 Å². The van der Waals surface area contributed by atoms with Crippen LogP contribution in [0.25, 0.3) is 0 Å². The second kappa shape index (κ2) is 3.03. The number of carboxylic acids is 1. The Labute approximate surface area is 71.4 Å². The van der Waals surface area contributed by atoms with Crippen LogP contribution in [-0.2, 0) is 4.79 Å². The van der Waals surface area contributed by atoms with Crippen molar-refractivity contribution in [2.24, 2.45) is 5.73 Å². The van der Waals surface area contributed by atoms with Crippen LogP contribution in [0.15, 0.2) is 0 Å². The molecule has 2 atom stereocenters. The van der Waals surface area contributed by atoms with Crippen molar-refractivity contribution in [2.75, 3.05) is 0 Å². The maximum atomic E-state index is 10.7. The Morgan fingerprint density at radius 3 is 2.64 bits per heavy atom. The van der Waals surface area contributed by atoms with E-state index in [2.05, 4.69) is 12.6 Å². The van der Waals surface area contributed by atoms with E-state index in [-0.39, 0.29) is 5.25 Å². The molecule has 0 bridgehead atoms. The maximum absolute atomic E-state index is 10.7. The first-order chi connectivity index (χ1) is 5.07. The fraction of sp³-hybridized carbons (Fsp3) is 0.857. The molecule has 0 aromatic rings. The lowest BCUT2D eigenvalue weighted by Crippen LogP contribution is -2.56. The highest BCUT2D eigenvalue weighted by molar-refractivity contribution is 7.81. The van der Waals surface area contributed by atoms with Crippen molar-refractivity contribution in [2.45, 2.75) is 36.5 Å². The van der Waals surface area contributed by atoms with Crippen molar-refractivity contribution >= 4 is 18.6 Å². The van der Waals surface area contributed by atoms with Crippen LogP contribution in [0, 0.1) is 0 Å². The van der Waals surface area contributed by atoms with Crippen molar-refractivity contribution in [1.29, 1.82) is 0 Å². The molecule has 0 heterocycles. The highest BCUT2D eigenvalue weighted by Crippen LogP contribution is 2.30. The van der Waals surface area contributed by atoms with Gasteiger partial charge in [-0.2, -0.15) is 12.6 Å². The summed E-state index contributed by atoms with van der Waals surface area (Å²) in [5, 5.41) is 8.61. The molecule has 4 heteroatoms. The Kier molecular flexibility index (Phi) is 2.44. The standard InChI is InChI=1S/C7H13NO2S/c8-7(6(9)10)4-2-1-3-5(7)11/h5,11H,1-4,8H2,(H,9,10). The van der Waals surface area contributed by atoms with Gasteiger partial charge in [-0.25, -0.2) is 0 Å². The average molecular weight is 175 g/mol. The fourth-order valence-electron chi connectivity index (χ4n) is 1.43. The lowest BCUT2D eigenvalue weighted by molar-refractivity contribution is -0.144. The molecule has 1 saturated carbocycles. The van der Waals surface area contributed by atoms with Gasteiger partial charge in [0, 0.05) is 5.25 Å². The second-order valence-corrected chi connectivity index (χ2v) is 3.73. The molecule has 0 saturated heterocycles. The van der Waals surface area contributed by atoms with Crippen molar-refractivity contribution in [3.8, 4) is 0 Å². The van der Waals surface area contributed by atoms with Crippen LogP contribution < -0.4 is 5.73 Å². The minimum absolute atomic E-state index is 0.186. The average Bonchev–Trinajstić information content (AvgIpc) is 1.95. The van der Waals surface area contributed by atoms with Crippen LogP contribution in [0.3, 0.4) is 0 Å². The number of hydrogen-bond acceptors (Lipinski definition) is 3. The zero-order valence-corrected chi connectivity index (χ0v) is 7.18. The predicted octanol–water partition coefficient (Wildman–Crippen LogP) is 0.641. The van der Waals surface area contributed by atoms with Gasteiger partial charge in [-0.05, 0) is 12.8 Å². The third-order valence-corrected chi connectivity index (χ3v) is 3.03. The first kappa shape index (κ1) is 8.87. The van der Waals surface area contributed by atoms with E-state index in [9.17, 15) is 4.79 Å². The molecule has 1 fully saturated rings. The zero-order valence-electron chi connectivity index (χ0n) is 6.29. The van der Waals surface area contributed by atoms with Gasteiger partial charge in [0.25, 0.3) is 0 Å². The molecule has 3 nitrogen and oxygen atoms in total. The minimum Gasteiger partial charge on any atom is -0.480 e. The number of rotatable bonds is 1. The van der Waals surface area contributed by atoms with Crippen LogP contribution in [0.4, 0.5) is 0 Å². The van der Waals surface area contributed by atoms with Crippen molar-refractivity contribution < 1.29 is 9.90 Å². The molecule has 1 aliphatic rings. The summed E-state index contributed by atoms with van der Waals surface area (Å²) < 4.78 is 0. The SMILES string of the molecule is NC1(C(=O)O)CCCCC1S. The van der Waals surface area contributed by atoms with E-state index in [0.29, 0.717) is 6.42 Å². The van der Waals surface area contributed by atoms with Crippen molar-refractivity contribution in [3.05, 3.63) is 0 Å². The summed E-state index contributed by atoms with van der Waals surface area (Å²) in [4.78, 5) is 10.7. The van der Waals surface area contributed by atoms with E-state index in [1.54, 1.807) is 0 Å². The summed E-state index contributed by atoms with van der Waals surface area (Å²) in [7, 11) is 0. The van der Waals surface area contributed by atoms with Crippen LogP contribution in [0.5, 0.6) is 0 Å². The monoisotopic (exact) mass is 175 g/mol. The molecule has 2 unspecified atom stereocenters. The Hall–Kier alpha value is -0.220. The van der Waals surface area contributed by atoms with Gasteiger partial charge >= 0.3 is 5.97 Å². The summed E-state index contributed by atoms with van der Waals surface area (Å²) in [5.74, 6) is -0.919. The first-order valence-electron chi connectivity index (χ1n) is 3.78. The molecule has 64 valence electrons. The third-order valence-electron chi connectivity index (χ3n) is 2.31. The molecule has 0 spiro atoms. The number of thiol groups is 1. The zero-order chi connectivity index (χ0) is 8.48. The normalized spacial score (nSPS) is 38.5. The van der Waals surface area contributed by atoms with Gasteiger partial charge in [-0.3, -0.25) is 4.79 Å². The molecule has 0 aromatic carbocycles. The van der Waals surface area contributed by atoms with Gasteiger partial charge in [-0.1, -0.05) is 12.8 Å². The molecule has 0 radical (unpaired) electrons. The van der Waals surface area contributed by atoms with E-state index in [0.717, 1.165) is 19.3 Å². The molecule has 0 aromatic heterocycles. The van der Waals surface area contributed by atoms with Crippen molar-refractivity contribution in [3.63, 3.8) is 0 Å². The second-order valence-electron chi connectivity index (χ2n) is 3.11. The van der Waals surface area contributed by atoms with Gasteiger partial charge in [0.05, 0.1) is 0 Å². The van der Waals surface area contributed by atoms with Gasteiger partial charge in [0.1, 0.15) is 5.54 Å². The number of nitrogens with two attached hydrogens (primary N) is 1. The van der Waals surface area contributed by atoms with E-state index >= 15 is 0 Å². The topological polar surface area (TPSA) is 63.3 Å². The Morgan fingerprint density at radius 1 is 1.64 bits per heavy atom. The van der Waals surface area contributed by atoms with Gasteiger partial charge < -0.3 is 10.8 Å². The third kappa shape index (κ3) is 1.51. The predicted molar refractivity (Wildman–Crippen MR) is 45.8 cm³/mol. The van der Waals surface area contributed by atoms with E-state index in [1.165, 1.54) is 0 Å². The number of hydrogen-bond donors (Lipinski definition) is 3. The Morgan fingerprint density at radius 2 is 2.27 bits per heavy atom. The molecule has 11 heavy (non-hydrogen) atoms. The highest BCUT2D eigenvalue weighted by atomic mass is 32.1. The van der Waals surface area contributed by atoms with E-state index < -0.39 is 11.5 Å². The number of aliphatic carboxylic acids is 1. The van der Waals surface area contributed by atoms with Crippen LogP contribution in [0.1, 0.15) is 25.7 Å². The molecule has 1 rings (SSSR count).